The Labute approximate surface area is 127 Å². The molecule has 3 heteroatoms. The predicted octanol–water partition coefficient (Wildman–Crippen LogP) is 3.07. The maximum absolute atomic E-state index is 4.58. The third kappa shape index (κ3) is 2.75. The Morgan fingerprint density at radius 3 is 2.86 bits per heavy atom. The fourth-order valence-electron chi connectivity index (χ4n) is 3.54. The van der Waals surface area contributed by atoms with Gasteiger partial charge < -0.3 is 5.32 Å². The monoisotopic (exact) mass is 283 g/mol. The van der Waals surface area contributed by atoms with Crippen molar-refractivity contribution in [2.45, 2.75) is 52.1 Å². The van der Waals surface area contributed by atoms with Crippen LogP contribution in [-0.2, 0) is 19.4 Å². The van der Waals surface area contributed by atoms with Crippen molar-refractivity contribution < 1.29 is 0 Å². The lowest BCUT2D eigenvalue weighted by atomic mass is 9.72. The van der Waals surface area contributed by atoms with Crippen LogP contribution in [0.15, 0.2) is 30.3 Å². The van der Waals surface area contributed by atoms with E-state index in [0.29, 0.717) is 12.0 Å². The molecule has 1 aromatic carbocycles. The second kappa shape index (κ2) is 6.02. The van der Waals surface area contributed by atoms with Gasteiger partial charge in [0.25, 0.3) is 0 Å². The minimum Gasteiger partial charge on any atom is -0.313 e. The second-order valence-electron chi connectivity index (χ2n) is 5.97. The van der Waals surface area contributed by atoms with Crippen molar-refractivity contribution in [3.05, 3.63) is 52.8 Å². The van der Waals surface area contributed by atoms with Gasteiger partial charge in [-0.05, 0) is 44.0 Å². The van der Waals surface area contributed by atoms with Crippen LogP contribution in [0.3, 0.4) is 0 Å². The summed E-state index contributed by atoms with van der Waals surface area (Å²) in [6.45, 7) is 8.40. The molecule has 3 nitrogen and oxygen atoms in total. The Morgan fingerprint density at radius 1 is 1.33 bits per heavy atom. The summed E-state index contributed by atoms with van der Waals surface area (Å²) in [5, 5.41) is 8.27. The summed E-state index contributed by atoms with van der Waals surface area (Å²) in [7, 11) is 0. The summed E-state index contributed by atoms with van der Waals surface area (Å²) >= 11 is 0. The average Bonchev–Trinajstić information content (AvgIpc) is 2.80. The SMILES string of the molecule is CCNC(Cc1cc(C)nn1CC)C1Cc2ccccc21. The summed E-state index contributed by atoms with van der Waals surface area (Å²) in [6.07, 6.45) is 2.26. The van der Waals surface area contributed by atoms with Crippen molar-refractivity contribution in [3.8, 4) is 0 Å². The van der Waals surface area contributed by atoms with E-state index < -0.39 is 0 Å². The molecule has 2 unspecified atom stereocenters. The molecule has 1 heterocycles. The standard InChI is InChI=1S/C18H25N3/c1-4-19-18(12-15-10-13(3)20-21(15)5-2)17-11-14-8-6-7-9-16(14)17/h6-10,17-19H,4-5,11-12H2,1-3H3. The first-order valence-electron chi connectivity index (χ1n) is 8.07. The average molecular weight is 283 g/mol. The number of fused-ring (bicyclic) bond motifs is 1. The van der Waals surface area contributed by atoms with Gasteiger partial charge in [0.15, 0.2) is 0 Å². The van der Waals surface area contributed by atoms with Crippen LogP contribution in [0.25, 0.3) is 0 Å². The summed E-state index contributed by atoms with van der Waals surface area (Å²) in [5.74, 6) is 0.640. The molecule has 21 heavy (non-hydrogen) atoms. The van der Waals surface area contributed by atoms with Crippen LogP contribution >= 0.6 is 0 Å². The topological polar surface area (TPSA) is 29.9 Å². The number of hydrogen-bond donors (Lipinski definition) is 1. The van der Waals surface area contributed by atoms with Crippen LogP contribution in [-0.4, -0.2) is 22.4 Å². The molecule has 0 saturated carbocycles. The number of nitrogens with one attached hydrogen (secondary N) is 1. The second-order valence-corrected chi connectivity index (χ2v) is 5.97. The highest BCUT2D eigenvalue weighted by Gasteiger charge is 2.32. The maximum atomic E-state index is 4.58. The number of benzene rings is 1. The van der Waals surface area contributed by atoms with E-state index in [1.807, 2.05) is 0 Å². The lowest BCUT2D eigenvalue weighted by Gasteiger charge is -2.37. The number of likely N-dealkylation sites (N-methyl/N-ethyl adjacent to an activating group) is 1. The molecule has 1 N–H and O–H groups in total. The molecule has 2 aromatic rings. The molecule has 0 fully saturated rings. The van der Waals surface area contributed by atoms with Crippen LogP contribution in [0.5, 0.6) is 0 Å². The molecule has 0 saturated heterocycles. The van der Waals surface area contributed by atoms with Crippen molar-refractivity contribution in [2.24, 2.45) is 0 Å². The van der Waals surface area contributed by atoms with Gasteiger partial charge in [0.05, 0.1) is 5.69 Å². The highest BCUT2D eigenvalue weighted by atomic mass is 15.3. The van der Waals surface area contributed by atoms with E-state index in [-0.39, 0.29) is 0 Å². The van der Waals surface area contributed by atoms with Gasteiger partial charge in [-0.25, -0.2) is 0 Å². The molecule has 1 aliphatic rings. The van der Waals surface area contributed by atoms with Crippen LogP contribution in [0.2, 0.25) is 0 Å². The smallest absolute Gasteiger partial charge is 0.0596 e. The molecular formula is C18H25N3. The molecule has 1 aliphatic carbocycles. The van der Waals surface area contributed by atoms with E-state index in [9.17, 15) is 0 Å². The van der Waals surface area contributed by atoms with Crippen LogP contribution in [0.1, 0.15) is 42.3 Å². The van der Waals surface area contributed by atoms with Crippen LogP contribution in [0, 0.1) is 6.92 Å². The molecule has 0 aliphatic heterocycles. The number of aryl methyl sites for hydroxylation is 2. The van der Waals surface area contributed by atoms with E-state index in [0.717, 1.165) is 25.2 Å². The lowest BCUT2D eigenvalue weighted by Crippen LogP contribution is -2.41. The van der Waals surface area contributed by atoms with Crippen LogP contribution < -0.4 is 5.32 Å². The van der Waals surface area contributed by atoms with Gasteiger partial charge in [0, 0.05) is 30.6 Å². The maximum Gasteiger partial charge on any atom is 0.0596 e. The third-order valence-electron chi connectivity index (χ3n) is 4.56. The zero-order valence-electron chi connectivity index (χ0n) is 13.3. The largest absolute Gasteiger partial charge is 0.313 e. The van der Waals surface area contributed by atoms with Crippen molar-refractivity contribution in [2.75, 3.05) is 6.54 Å². The van der Waals surface area contributed by atoms with Gasteiger partial charge in [-0.3, -0.25) is 4.68 Å². The third-order valence-corrected chi connectivity index (χ3v) is 4.56. The van der Waals surface area contributed by atoms with Crippen LogP contribution in [0.4, 0.5) is 0 Å². The van der Waals surface area contributed by atoms with E-state index in [2.05, 4.69) is 66.2 Å². The number of rotatable bonds is 6. The fourth-order valence-corrected chi connectivity index (χ4v) is 3.54. The molecule has 1 aromatic heterocycles. The summed E-state index contributed by atoms with van der Waals surface area (Å²) in [6, 6.07) is 11.6. The highest BCUT2D eigenvalue weighted by Crippen LogP contribution is 2.38. The lowest BCUT2D eigenvalue weighted by molar-refractivity contribution is 0.395. The van der Waals surface area contributed by atoms with Gasteiger partial charge >= 0.3 is 0 Å². The van der Waals surface area contributed by atoms with Crippen molar-refractivity contribution in [1.82, 2.24) is 15.1 Å². The Kier molecular flexibility index (Phi) is 4.11. The Bertz CT molecular complexity index is 615. The highest BCUT2D eigenvalue weighted by molar-refractivity contribution is 5.41. The molecule has 0 amide bonds. The Balaban J connectivity index is 1.80. The predicted molar refractivity (Wildman–Crippen MR) is 86.7 cm³/mol. The number of aromatic nitrogens is 2. The zero-order valence-corrected chi connectivity index (χ0v) is 13.3. The summed E-state index contributed by atoms with van der Waals surface area (Å²) in [4.78, 5) is 0. The van der Waals surface area contributed by atoms with Crippen molar-refractivity contribution in [1.29, 1.82) is 0 Å². The summed E-state index contributed by atoms with van der Waals surface area (Å²) < 4.78 is 2.14. The first kappa shape index (κ1) is 14.3. The summed E-state index contributed by atoms with van der Waals surface area (Å²) in [5.41, 5.74) is 5.52. The molecular weight excluding hydrogens is 258 g/mol. The molecule has 112 valence electrons. The Morgan fingerprint density at radius 2 is 2.14 bits per heavy atom. The number of hydrogen-bond acceptors (Lipinski definition) is 2. The molecule has 0 radical (unpaired) electrons. The number of nitrogens with zero attached hydrogens (tertiary/aromatic N) is 2. The first-order valence-corrected chi connectivity index (χ1v) is 8.07. The molecule has 2 atom stereocenters. The molecule has 0 spiro atoms. The minimum atomic E-state index is 0.506. The fraction of sp³-hybridized carbons (Fsp3) is 0.500. The normalized spacial score (nSPS) is 18.1. The van der Waals surface area contributed by atoms with Gasteiger partial charge in [0.2, 0.25) is 0 Å². The minimum absolute atomic E-state index is 0.506. The van der Waals surface area contributed by atoms with E-state index in [1.165, 1.54) is 23.2 Å². The molecule has 3 rings (SSSR count). The van der Waals surface area contributed by atoms with E-state index in [1.54, 1.807) is 0 Å². The van der Waals surface area contributed by atoms with Gasteiger partial charge in [0.1, 0.15) is 0 Å². The van der Waals surface area contributed by atoms with Crippen molar-refractivity contribution >= 4 is 0 Å². The quantitative estimate of drug-likeness (QED) is 0.883. The van der Waals surface area contributed by atoms with Gasteiger partial charge in [-0.15, -0.1) is 0 Å². The van der Waals surface area contributed by atoms with E-state index >= 15 is 0 Å². The van der Waals surface area contributed by atoms with E-state index in [4.69, 9.17) is 0 Å². The van der Waals surface area contributed by atoms with Gasteiger partial charge in [-0.1, -0.05) is 31.2 Å². The van der Waals surface area contributed by atoms with Gasteiger partial charge in [-0.2, -0.15) is 5.10 Å². The molecule has 0 bridgehead atoms. The first-order chi connectivity index (χ1) is 10.2. The Hall–Kier alpha value is -1.61. The van der Waals surface area contributed by atoms with Crippen molar-refractivity contribution in [3.63, 3.8) is 0 Å². The zero-order chi connectivity index (χ0) is 14.8.